The second-order valence-electron chi connectivity index (χ2n) is 10.8. The van der Waals surface area contributed by atoms with Crippen molar-refractivity contribution in [2.24, 2.45) is 47.3 Å². The van der Waals surface area contributed by atoms with E-state index in [0.717, 1.165) is 36.6 Å². The lowest BCUT2D eigenvalue weighted by atomic mass is 9.67. The van der Waals surface area contributed by atoms with Gasteiger partial charge in [0.15, 0.2) is 0 Å². The molecule has 0 aromatic carbocycles. The van der Waals surface area contributed by atoms with Crippen LogP contribution in [0.5, 0.6) is 0 Å². The molecule has 168 valence electrons. The maximum atomic E-state index is 11.9. The van der Waals surface area contributed by atoms with Gasteiger partial charge < -0.3 is 0 Å². The number of carbonyl (C=O) groups is 2. The van der Waals surface area contributed by atoms with Crippen molar-refractivity contribution in [3.63, 3.8) is 0 Å². The van der Waals surface area contributed by atoms with Crippen molar-refractivity contribution in [3.8, 4) is 0 Å². The summed E-state index contributed by atoms with van der Waals surface area (Å²) in [5.74, 6) is 4.44. The molecule has 2 heteroatoms. The Kier molecular flexibility index (Phi) is 9.78. The minimum Gasteiger partial charge on any atom is -0.298 e. The van der Waals surface area contributed by atoms with Gasteiger partial charge in [-0.05, 0) is 84.2 Å². The predicted molar refractivity (Wildman–Crippen MR) is 127 cm³/mol. The van der Waals surface area contributed by atoms with Gasteiger partial charge >= 0.3 is 0 Å². The molecule has 0 heterocycles. The molecular formula is C28H44O2. The van der Waals surface area contributed by atoms with E-state index in [1.54, 1.807) is 0 Å². The van der Waals surface area contributed by atoms with E-state index < -0.39 is 0 Å². The van der Waals surface area contributed by atoms with Gasteiger partial charge in [-0.1, -0.05) is 78.7 Å². The highest BCUT2D eigenvalue weighted by molar-refractivity contribution is 5.76. The van der Waals surface area contributed by atoms with Crippen LogP contribution in [0.3, 0.4) is 0 Å². The molecule has 0 bridgehead atoms. The first-order valence-electron chi connectivity index (χ1n) is 12.3. The van der Waals surface area contributed by atoms with Crippen molar-refractivity contribution in [1.82, 2.24) is 0 Å². The molecule has 0 N–H and O–H groups in total. The molecule has 2 aliphatic carbocycles. The van der Waals surface area contributed by atoms with Crippen LogP contribution in [-0.4, -0.2) is 12.6 Å². The van der Waals surface area contributed by atoms with Crippen LogP contribution < -0.4 is 0 Å². The number of hydrogen-bond acceptors (Lipinski definition) is 2. The maximum Gasteiger partial charge on any atom is 0.146 e. The first-order chi connectivity index (χ1) is 14.3. The van der Waals surface area contributed by atoms with Crippen LogP contribution in [0.4, 0.5) is 0 Å². The zero-order valence-corrected chi connectivity index (χ0v) is 20.1. The number of allylic oxidation sites excluding steroid dienone is 6. The molecule has 2 nitrogen and oxygen atoms in total. The van der Waals surface area contributed by atoms with Crippen LogP contribution in [0.1, 0.15) is 80.1 Å². The van der Waals surface area contributed by atoms with E-state index in [-0.39, 0.29) is 0 Å². The summed E-state index contributed by atoms with van der Waals surface area (Å²) in [5, 5.41) is 0. The summed E-state index contributed by atoms with van der Waals surface area (Å²) >= 11 is 0. The molecule has 0 aromatic heterocycles. The largest absolute Gasteiger partial charge is 0.298 e. The predicted octanol–water partition coefficient (Wildman–Crippen LogP) is 7.21. The summed E-state index contributed by atoms with van der Waals surface area (Å²) in [5.41, 5.74) is 1.84. The smallest absolute Gasteiger partial charge is 0.146 e. The van der Waals surface area contributed by atoms with E-state index in [2.05, 4.69) is 41.5 Å². The van der Waals surface area contributed by atoms with Crippen LogP contribution in [0.25, 0.3) is 0 Å². The highest BCUT2D eigenvalue weighted by Crippen LogP contribution is 2.42. The SMILES string of the molecule is CC1CCC(C(C)C)C(\C(C=O)=C/C=C/C=C(/C=O)C2CC(C)CCC2C(C)C)C1. The van der Waals surface area contributed by atoms with Crippen molar-refractivity contribution in [1.29, 1.82) is 0 Å². The standard InChI is InChI=1S/C28H44O2/c1-19(2)25-13-11-21(5)15-27(25)23(17-29)9-7-8-10-24(18-30)28-16-22(6)12-14-26(28)20(3)4/h7-10,17-22,25-28H,11-16H2,1-6H3/b8-7+,23-9-,24-10-. The highest BCUT2D eigenvalue weighted by atomic mass is 16.1. The molecule has 2 rings (SSSR count). The molecule has 0 amide bonds. The molecule has 0 aromatic rings. The maximum absolute atomic E-state index is 11.9. The molecule has 2 fully saturated rings. The molecule has 6 atom stereocenters. The highest BCUT2D eigenvalue weighted by Gasteiger charge is 2.33. The molecule has 2 aliphatic rings. The lowest BCUT2D eigenvalue weighted by Gasteiger charge is -2.37. The summed E-state index contributed by atoms with van der Waals surface area (Å²) in [7, 11) is 0. The van der Waals surface area contributed by atoms with Gasteiger partial charge in [0.1, 0.15) is 12.6 Å². The van der Waals surface area contributed by atoms with Gasteiger partial charge in [0.25, 0.3) is 0 Å². The quantitative estimate of drug-likeness (QED) is 0.240. The van der Waals surface area contributed by atoms with E-state index in [9.17, 15) is 9.59 Å². The topological polar surface area (TPSA) is 34.1 Å². The molecule has 0 spiro atoms. The van der Waals surface area contributed by atoms with Crippen LogP contribution in [0.2, 0.25) is 0 Å². The Morgan fingerprint density at radius 3 is 1.33 bits per heavy atom. The van der Waals surface area contributed by atoms with Crippen LogP contribution in [0.15, 0.2) is 35.5 Å². The molecular weight excluding hydrogens is 368 g/mol. The third-order valence-electron chi connectivity index (χ3n) is 7.86. The fourth-order valence-corrected chi connectivity index (χ4v) is 6.00. The molecule has 0 saturated heterocycles. The third kappa shape index (κ3) is 6.53. The zero-order chi connectivity index (χ0) is 22.3. The summed E-state index contributed by atoms with van der Waals surface area (Å²) < 4.78 is 0. The van der Waals surface area contributed by atoms with Crippen molar-refractivity contribution in [2.75, 3.05) is 0 Å². The summed E-state index contributed by atoms with van der Waals surface area (Å²) in [4.78, 5) is 23.8. The van der Waals surface area contributed by atoms with Crippen LogP contribution in [0, 0.1) is 47.3 Å². The van der Waals surface area contributed by atoms with Gasteiger partial charge in [-0.25, -0.2) is 0 Å². The van der Waals surface area contributed by atoms with Crippen LogP contribution in [-0.2, 0) is 9.59 Å². The molecule has 6 unspecified atom stereocenters. The second kappa shape index (κ2) is 11.8. The average molecular weight is 413 g/mol. The van der Waals surface area contributed by atoms with Crippen molar-refractivity contribution < 1.29 is 9.59 Å². The van der Waals surface area contributed by atoms with Gasteiger partial charge in [-0.2, -0.15) is 0 Å². The molecule has 30 heavy (non-hydrogen) atoms. The second-order valence-corrected chi connectivity index (χ2v) is 10.8. The summed E-state index contributed by atoms with van der Waals surface area (Å²) in [6.45, 7) is 13.7. The first-order valence-corrected chi connectivity index (χ1v) is 12.3. The Morgan fingerprint density at radius 2 is 1.03 bits per heavy atom. The van der Waals surface area contributed by atoms with E-state index >= 15 is 0 Å². The van der Waals surface area contributed by atoms with Crippen molar-refractivity contribution >= 4 is 12.6 Å². The first kappa shape index (κ1) is 24.8. The molecule has 2 saturated carbocycles. The van der Waals surface area contributed by atoms with Gasteiger partial charge in [-0.15, -0.1) is 0 Å². The molecule has 0 radical (unpaired) electrons. The third-order valence-corrected chi connectivity index (χ3v) is 7.86. The minimum absolute atomic E-state index is 0.356. The number of rotatable bonds is 8. The zero-order valence-electron chi connectivity index (χ0n) is 20.1. The minimum atomic E-state index is 0.356. The summed E-state index contributed by atoms with van der Waals surface area (Å²) in [6.07, 6.45) is 17.2. The monoisotopic (exact) mass is 412 g/mol. The fourth-order valence-electron chi connectivity index (χ4n) is 6.00. The van der Waals surface area contributed by atoms with E-state index in [1.165, 1.54) is 25.7 Å². The van der Waals surface area contributed by atoms with Crippen LogP contribution >= 0.6 is 0 Å². The lowest BCUT2D eigenvalue weighted by molar-refractivity contribution is -0.106. The van der Waals surface area contributed by atoms with Gasteiger partial charge in [0, 0.05) is 0 Å². The number of hydrogen-bond donors (Lipinski definition) is 0. The Labute approximate surface area is 185 Å². The summed E-state index contributed by atoms with van der Waals surface area (Å²) in [6, 6.07) is 0. The number of carbonyl (C=O) groups excluding carboxylic acids is 2. The van der Waals surface area contributed by atoms with Crippen molar-refractivity contribution in [2.45, 2.75) is 80.1 Å². The Balaban J connectivity index is 2.18. The molecule has 0 aliphatic heterocycles. The number of aldehydes is 2. The lowest BCUT2D eigenvalue weighted by Crippen LogP contribution is -2.29. The average Bonchev–Trinajstić information content (AvgIpc) is 2.70. The fraction of sp³-hybridized carbons (Fsp3) is 0.714. The van der Waals surface area contributed by atoms with Crippen molar-refractivity contribution in [3.05, 3.63) is 35.5 Å². The Morgan fingerprint density at radius 1 is 0.667 bits per heavy atom. The van der Waals surface area contributed by atoms with E-state index in [0.29, 0.717) is 47.3 Å². The van der Waals surface area contributed by atoms with E-state index in [1.807, 2.05) is 24.3 Å². The van der Waals surface area contributed by atoms with Gasteiger partial charge in [0.05, 0.1) is 0 Å². The Hall–Kier alpha value is -1.44. The van der Waals surface area contributed by atoms with Gasteiger partial charge in [-0.3, -0.25) is 9.59 Å². The normalized spacial score (nSPS) is 34.0. The van der Waals surface area contributed by atoms with Gasteiger partial charge in [0.2, 0.25) is 0 Å². The van der Waals surface area contributed by atoms with E-state index in [4.69, 9.17) is 0 Å². The Bertz CT molecular complexity index is 596.